The number of hydrogen-bond donors (Lipinski definition) is 1. The van der Waals surface area contributed by atoms with Crippen LogP contribution >= 0.6 is 0 Å². The molecule has 4 atom stereocenters. The molecule has 0 spiro atoms. The summed E-state index contributed by atoms with van der Waals surface area (Å²) in [4.78, 5) is 11.6. The van der Waals surface area contributed by atoms with Gasteiger partial charge >= 0.3 is 70.4 Å². The third kappa shape index (κ3) is 22.3. The van der Waals surface area contributed by atoms with Gasteiger partial charge in [0.15, 0.2) is 66.5 Å². The van der Waals surface area contributed by atoms with E-state index in [1.54, 1.807) is 28.4 Å². The molecule has 6 fully saturated rings. The van der Waals surface area contributed by atoms with E-state index in [2.05, 4.69) is 111 Å². The largest absolute Gasteiger partial charge is 0.478 e. The first-order chi connectivity index (χ1) is 35.9. The van der Waals surface area contributed by atoms with Crippen LogP contribution in [0.5, 0.6) is 0 Å². The Hall–Kier alpha value is 2.67. The van der Waals surface area contributed by atoms with E-state index < -0.39 is 137 Å². The Morgan fingerprint density at radius 1 is 0.266 bits per heavy atom. The minimum atomic E-state index is -4.33. The van der Waals surface area contributed by atoms with Crippen molar-refractivity contribution >= 4 is 137 Å². The fourth-order valence-corrected chi connectivity index (χ4v) is 76.4. The third-order valence-corrected chi connectivity index (χ3v) is 69.0. The molecule has 6 aliphatic heterocycles. The van der Waals surface area contributed by atoms with Crippen LogP contribution in [0, 0.1) is 0 Å². The molecule has 6 heterocycles. The minimum Gasteiger partial charge on any atom is -0.432 e. The van der Waals surface area contributed by atoms with Gasteiger partial charge in [-0.2, -0.15) is 0 Å². The van der Waals surface area contributed by atoms with E-state index in [0.29, 0.717) is 124 Å². The zero-order valence-electron chi connectivity index (χ0n) is 53.3. The van der Waals surface area contributed by atoms with E-state index >= 15 is 0 Å². The van der Waals surface area contributed by atoms with Gasteiger partial charge in [0.2, 0.25) is 0 Å². The molecule has 4 unspecified atom stereocenters. The summed E-state index contributed by atoms with van der Waals surface area (Å²) >= 11 is 0. The maximum atomic E-state index is 11.6. The molecule has 466 valence electrons. The quantitative estimate of drug-likeness (QED) is 0.0464. The van der Waals surface area contributed by atoms with Crippen LogP contribution in [0.25, 0.3) is 0 Å². The standard InChI is InChI=1S/C43H110O20Si16/c1-45-68(16,17)36-40-76-56-72(32-24-28-49-64(5,6)7)52-73(33-25-29-50-65(8,9)10)54-75(35-27-31-67(14,15)44)55-74(53-72,34-26-30-51-66(11,12)13)58-78(61-76,42-38-70(20,21)47-3)63-79(59-75,43-39-71(22,23)48-4)62-77(57-73,60-76)41-37-69(18,19)46-2/h44H,24-43H2,1-23H3. The second kappa shape index (κ2) is 27.0. The summed E-state index contributed by atoms with van der Waals surface area (Å²) in [5.41, 5.74) is 0. The summed E-state index contributed by atoms with van der Waals surface area (Å²) in [5.74, 6) is 0. The van der Waals surface area contributed by atoms with Gasteiger partial charge in [0.25, 0.3) is 0 Å². The van der Waals surface area contributed by atoms with Crippen LogP contribution in [0.4, 0.5) is 0 Å². The van der Waals surface area contributed by atoms with Gasteiger partial charge in [-0.05, 0) is 180 Å². The van der Waals surface area contributed by atoms with Crippen molar-refractivity contribution in [2.45, 2.75) is 229 Å². The molecule has 6 rings (SSSR count). The molecular weight excluding hydrogens is 1290 g/mol. The summed E-state index contributed by atoms with van der Waals surface area (Å²) in [6.45, 7) is 42.6. The Labute approximate surface area is 495 Å². The number of hydrogen-bond acceptors (Lipinski definition) is 20. The summed E-state index contributed by atoms with van der Waals surface area (Å²) in [7, 11) is -45.6. The topological polar surface area (TPSA) is 196 Å². The van der Waals surface area contributed by atoms with Gasteiger partial charge in [0.1, 0.15) is 0 Å². The van der Waals surface area contributed by atoms with Crippen molar-refractivity contribution < 1.29 is 85.2 Å². The van der Waals surface area contributed by atoms with Crippen molar-refractivity contribution in [1.29, 1.82) is 0 Å². The predicted molar refractivity (Wildman–Crippen MR) is 346 cm³/mol. The zero-order chi connectivity index (χ0) is 59.6. The Morgan fingerprint density at radius 3 is 0.608 bits per heavy atom. The maximum absolute atomic E-state index is 11.6. The van der Waals surface area contributed by atoms with E-state index in [1.807, 2.05) is 13.1 Å². The molecule has 0 saturated carbocycles. The smallest absolute Gasteiger partial charge is 0.432 e. The van der Waals surface area contributed by atoms with Gasteiger partial charge in [-0.15, -0.1) is 0 Å². The molecule has 0 aromatic heterocycles. The van der Waals surface area contributed by atoms with E-state index in [1.165, 1.54) is 0 Å². The van der Waals surface area contributed by atoms with Crippen LogP contribution in [0.15, 0.2) is 0 Å². The van der Waals surface area contributed by atoms with Gasteiger partial charge < -0.3 is 85.2 Å². The van der Waals surface area contributed by atoms with E-state index in [4.69, 9.17) is 80.4 Å². The molecule has 79 heavy (non-hydrogen) atoms. The molecule has 0 radical (unpaired) electrons. The van der Waals surface area contributed by atoms with Crippen molar-refractivity contribution in [3.8, 4) is 0 Å². The predicted octanol–water partition coefficient (Wildman–Crippen LogP) is 11.5. The minimum absolute atomic E-state index is 0.295. The Bertz CT molecular complexity index is 1880. The van der Waals surface area contributed by atoms with Crippen LogP contribution in [-0.4, -0.2) is 190 Å². The highest BCUT2D eigenvalue weighted by Crippen LogP contribution is 2.56. The molecule has 0 aliphatic carbocycles. The van der Waals surface area contributed by atoms with Crippen molar-refractivity contribution in [2.75, 3.05) is 48.3 Å². The molecule has 36 heteroatoms. The average Bonchev–Trinajstić information content (AvgIpc) is 3.27. The summed E-state index contributed by atoms with van der Waals surface area (Å²) < 4.78 is 143. The zero-order valence-corrected chi connectivity index (χ0v) is 69.3. The summed E-state index contributed by atoms with van der Waals surface area (Å²) in [6.07, 6.45) is 2.13. The monoisotopic (exact) mass is 1390 g/mol. The molecule has 0 aromatic carbocycles. The molecule has 20 nitrogen and oxygen atoms in total. The maximum Gasteiger partial charge on any atom is 0.478 e. The second-order valence-corrected chi connectivity index (χ2v) is 88.5. The third-order valence-electron chi connectivity index (χ3n) is 14.8. The Morgan fingerprint density at radius 2 is 0.443 bits per heavy atom. The van der Waals surface area contributed by atoms with Gasteiger partial charge in [-0.1, -0.05) is 0 Å². The lowest BCUT2D eigenvalue weighted by Crippen LogP contribution is -2.88. The Balaban J connectivity index is 1.99. The van der Waals surface area contributed by atoms with Crippen LogP contribution in [0.2, 0.25) is 203 Å². The van der Waals surface area contributed by atoms with Gasteiger partial charge in [0.05, 0.1) is 0 Å². The molecule has 1 N–H and O–H groups in total. The molecule has 0 amide bonds. The highest BCUT2D eigenvalue weighted by atomic mass is 28.6. The van der Waals surface area contributed by atoms with Crippen LogP contribution < -0.4 is 0 Å². The van der Waals surface area contributed by atoms with Crippen molar-refractivity contribution in [3.05, 3.63) is 0 Å². The van der Waals surface area contributed by atoms with E-state index in [9.17, 15) is 4.80 Å². The van der Waals surface area contributed by atoms with Crippen LogP contribution in [0.3, 0.4) is 0 Å². The van der Waals surface area contributed by atoms with E-state index in [-0.39, 0.29) is 0 Å². The lowest BCUT2D eigenvalue weighted by Gasteiger charge is -2.63. The van der Waals surface area contributed by atoms with Crippen molar-refractivity contribution in [1.82, 2.24) is 0 Å². The van der Waals surface area contributed by atoms with Crippen LogP contribution in [-0.2, 0) is 80.4 Å². The first-order valence-corrected chi connectivity index (χ1v) is 70.4. The SMILES string of the molecule is CO[Si](C)(C)CC[Si]12O[Si]3(CCCO[Si](C)(C)C)O[Si]4(CCCO[Si](C)(C)C)O[Si]5(CCC[Si](C)(C)O)O[Si](CCCO[Si](C)(C)C)(O3)O[Si](CC[Si](C)(C)OC)(O1)O[Si](CC[Si](C)(C)OC)(O5)O[Si](CC[Si](C)(C)OC)(O4)O2. The molecular formula is C43H110O20Si16. The summed E-state index contributed by atoms with van der Waals surface area (Å²) in [5, 5.41) is 0. The molecule has 6 saturated heterocycles. The fraction of sp³-hybridized carbons (Fsp3) is 1.00. The van der Waals surface area contributed by atoms with E-state index in [0.717, 1.165) is 0 Å². The fourth-order valence-electron chi connectivity index (χ4n) is 9.53. The summed E-state index contributed by atoms with van der Waals surface area (Å²) in [6, 6.07) is 5.55. The van der Waals surface area contributed by atoms with Gasteiger partial charge in [-0.3, -0.25) is 0 Å². The van der Waals surface area contributed by atoms with Crippen LogP contribution in [0.1, 0.15) is 25.7 Å². The van der Waals surface area contributed by atoms with Gasteiger partial charge in [-0.25, -0.2) is 0 Å². The first-order valence-electron chi connectivity index (χ1n) is 29.1. The normalized spacial score (nSPS) is 33.0. The molecule has 8 bridgehead atoms. The average molecular weight is 1400 g/mol. The molecule has 6 aliphatic rings. The lowest BCUT2D eigenvalue weighted by molar-refractivity contribution is -0.0307. The van der Waals surface area contributed by atoms with Gasteiger partial charge in [0, 0.05) is 96.6 Å². The second-order valence-electron chi connectivity index (χ2n) is 28.4. The lowest BCUT2D eigenvalue weighted by atomic mass is 10.5. The molecule has 0 aromatic rings. The van der Waals surface area contributed by atoms with Crippen molar-refractivity contribution in [2.24, 2.45) is 0 Å². The Kier molecular flexibility index (Phi) is 24.8. The van der Waals surface area contributed by atoms with Crippen molar-refractivity contribution in [3.63, 3.8) is 0 Å². The highest BCUT2D eigenvalue weighted by Gasteiger charge is 2.83. The number of rotatable bonds is 35. The first kappa shape index (κ1) is 72.4. The highest BCUT2D eigenvalue weighted by molar-refractivity contribution is 7.04.